The average Bonchev–Trinajstić information content (AvgIpc) is 2.46. The molecule has 0 N–H and O–H groups in total. The number of fused-ring (bicyclic) bond motifs is 3. The van der Waals surface area contributed by atoms with Crippen LogP contribution in [-0.4, -0.2) is 12.9 Å². The molecule has 0 radical (unpaired) electrons. The summed E-state index contributed by atoms with van der Waals surface area (Å²) in [4.78, 5) is 12.6. The second-order valence-corrected chi connectivity index (χ2v) is 6.19. The molecule has 1 aromatic rings. The highest BCUT2D eigenvalue weighted by atomic mass is 16.5. The van der Waals surface area contributed by atoms with E-state index in [0.717, 1.165) is 31.4 Å². The first-order valence-corrected chi connectivity index (χ1v) is 7.49. The van der Waals surface area contributed by atoms with Gasteiger partial charge in [0.1, 0.15) is 5.75 Å². The van der Waals surface area contributed by atoms with Crippen LogP contribution in [0.4, 0.5) is 0 Å². The Labute approximate surface area is 120 Å². The maximum Gasteiger partial charge on any atom is 0.162 e. The minimum atomic E-state index is -0.166. The maximum absolute atomic E-state index is 12.6. The Balaban J connectivity index is 2.11. The Bertz CT molecular complexity index is 585. The van der Waals surface area contributed by atoms with Gasteiger partial charge in [-0.2, -0.15) is 0 Å². The van der Waals surface area contributed by atoms with Crippen LogP contribution in [0.25, 0.3) is 0 Å². The monoisotopic (exact) mass is 270 g/mol. The van der Waals surface area contributed by atoms with Crippen LogP contribution in [0, 0.1) is 5.41 Å². The lowest BCUT2D eigenvalue weighted by Gasteiger charge is -2.45. The molecule has 106 valence electrons. The predicted molar refractivity (Wildman–Crippen MR) is 80.2 cm³/mol. The van der Waals surface area contributed by atoms with Gasteiger partial charge in [-0.25, -0.2) is 0 Å². The number of rotatable bonds is 2. The number of carbonyl (C=O) groups excluding carboxylic acids is 1. The lowest BCUT2D eigenvalue weighted by atomic mass is 9.56. The fourth-order valence-electron chi connectivity index (χ4n) is 4.04. The lowest BCUT2D eigenvalue weighted by molar-refractivity contribution is -0.127. The summed E-state index contributed by atoms with van der Waals surface area (Å²) in [5, 5.41) is 0. The van der Waals surface area contributed by atoms with E-state index < -0.39 is 0 Å². The van der Waals surface area contributed by atoms with E-state index in [9.17, 15) is 4.79 Å². The number of methoxy groups -OCH3 is 1. The summed E-state index contributed by atoms with van der Waals surface area (Å²) in [5.41, 5.74) is 3.77. The minimum absolute atomic E-state index is 0.166. The normalized spacial score (nSPS) is 28.4. The first kappa shape index (κ1) is 13.4. The van der Waals surface area contributed by atoms with Crippen molar-refractivity contribution in [2.24, 2.45) is 5.41 Å². The van der Waals surface area contributed by atoms with Gasteiger partial charge in [0.25, 0.3) is 0 Å². The molecule has 3 rings (SSSR count). The summed E-state index contributed by atoms with van der Waals surface area (Å²) in [5.74, 6) is 1.61. The van der Waals surface area contributed by atoms with Crippen molar-refractivity contribution in [3.63, 3.8) is 0 Å². The maximum atomic E-state index is 12.6. The Kier molecular flexibility index (Phi) is 3.19. The van der Waals surface area contributed by atoms with Crippen LogP contribution in [-0.2, 0) is 11.2 Å². The second-order valence-electron chi connectivity index (χ2n) is 6.19. The third-order valence-electron chi connectivity index (χ3n) is 5.26. The Morgan fingerprint density at radius 2 is 2.20 bits per heavy atom. The molecule has 0 aromatic heterocycles. The summed E-state index contributed by atoms with van der Waals surface area (Å²) < 4.78 is 5.33. The van der Waals surface area contributed by atoms with E-state index in [-0.39, 0.29) is 5.41 Å². The second kappa shape index (κ2) is 4.76. The van der Waals surface area contributed by atoms with Crippen molar-refractivity contribution in [1.82, 2.24) is 0 Å². The van der Waals surface area contributed by atoms with Gasteiger partial charge in [-0.1, -0.05) is 18.6 Å². The molecular weight excluding hydrogens is 248 g/mol. The largest absolute Gasteiger partial charge is 0.497 e. The molecule has 0 fully saturated rings. The Morgan fingerprint density at radius 3 is 2.90 bits per heavy atom. The van der Waals surface area contributed by atoms with Gasteiger partial charge in [-0.15, -0.1) is 0 Å². The molecule has 0 unspecified atom stereocenters. The summed E-state index contributed by atoms with van der Waals surface area (Å²) >= 11 is 0. The third kappa shape index (κ3) is 1.81. The van der Waals surface area contributed by atoms with E-state index in [2.05, 4.69) is 26.0 Å². The zero-order chi connectivity index (χ0) is 14.3. The molecule has 0 bridgehead atoms. The van der Waals surface area contributed by atoms with E-state index in [1.807, 2.05) is 12.1 Å². The number of hydrogen-bond acceptors (Lipinski definition) is 2. The topological polar surface area (TPSA) is 26.3 Å². The van der Waals surface area contributed by atoms with Gasteiger partial charge in [0.05, 0.1) is 7.11 Å². The fraction of sp³-hybridized carbons (Fsp3) is 0.500. The first-order valence-electron chi connectivity index (χ1n) is 7.49. The average molecular weight is 270 g/mol. The van der Waals surface area contributed by atoms with Crippen molar-refractivity contribution in [3.05, 3.63) is 41.0 Å². The zero-order valence-corrected chi connectivity index (χ0v) is 12.5. The molecule has 20 heavy (non-hydrogen) atoms. The number of allylic oxidation sites excluding steroid dienone is 2. The van der Waals surface area contributed by atoms with Gasteiger partial charge in [0, 0.05) is 11.3 Å². The van der Waals surface area contributed by atoms with Crippen molar-refractivity contribution in [1.29, 1.82) is 0 Å². The van der Waals surface area contributed by atoms with Crippen molar-refractivity contribution >= 4 is 5.78 Å². The zero-order valence-electron chi connectivity index (χ0n) is 12.5. The molecule has 2 heteroatoms. The molecule has 1 aromatic carbocycles. The van der Waals surface area contributed by atoms with Crippen molar-refractivity contribution in [2.75, 3.05) is 7.11 Å². The summed E-state index contributed by atoms with van der Waals surface area (Å²) in [6.45, 7) is 4.24. The molecule has 0 saturated carbocycles. The van der Waals surface area contributed by atoms with Gasteiger partial charge in [0.2, 0.25) is 0 Å². The van der Waals surface area contributed by atoms with Crippen molar-refractivity contribution < 1.29 is 9.53 Å². The van der Waals surface area contributed by atoms with Gasteiger partial charge in [-0.05, 0) is 61.9 Å². The molecule has 2 atom stereocenters. The van der Waals surface area contributed by atoms with Crippen LogP contribution in [0.5, 0.6) is 5.75 Å². The number of ether oxygens (including phenoxy) is 1. The van der Waals surface area contributed by atoms with Crippen LogP contribution in [0.3, 0.4) is 0 Å². The van der Waals surface area contributed by atoms with E-state index in [1.54, 1.807) is 7.11 Å². The van der Waals surface area contributed by atoms with Crippen molar-refractivity contribution in [3.8, 4) is 5.75 Å². The number of carbonyl (C=O) groups is 1. The van der Waals surface area contributed by atoms with Crippen LogP contribution < -0.4 is 4.74 Å². The third-order valence-corrected chi connectivity index (χ3v) is 5.26. The number of aryl methyl sites for hydroxylation is 1. The minimum Gasteiger partial charge on any atom is -0.497 e. The summed E-state index contributed by atoms with van der Waals surface area (Å²) in [7, 11) is 1.71. The van der Waals surface area contributed by atoms with Gasteiger partial charge in [0.15, 0.2) is 5.78 Å². The highest BCUT2D eigenvalue weighted by Crippen LogP contribution is 2.54. The molecular formula is C18H22O2. The lowest BCUT2D eigenvalue weighted by Crippen LogP contribution is -2.42. The summed E-state index contributed by atoms with van der Waals surface area (Å²) in [6, 6.07) is 6.35. The molecule has 2 aliphatic carbocycles. The fourth-order valence-corrected chi connectivity index (χ4v) is 4.04. The highest BCUT2D eigenvalue weighted by Gasteiger charge is 2.48. The Hall–Kier alpha value is -1.57. The molecule has 0 aliphatic heterocycles. The Morgan fingerprint density at radius 1 is 1.40 bits per heavy atom. The van der Waals surface area contributed by atoms with E-state index >= 15 is 0 Å². The predicted octanol–water partition coefficient (Wildman–Crippen LogP) is 4.04. The standard InChI is InChI=1S/C18H22O2/c1-4-18-8-7-13-11-14(20-3)5-6-15(13)16(18)9-12(2)10-17(18)19/h5-6,10-11,16H,4,7-9H2,1-3H3/t16-,18-/m1/s1. The highest BCUT2D eigenvalue weighted by molar-refractivity contribution is 5.97. The number of hydrogen-bond donors (Lipinski definition) is 0. The molecule has 2 nitrogen and oxygen atoms in total. The van der Waals surface area contributed by atoms with Crippen molar-refractivity contribution in [2.45, 2.75) is 45.4 Å². The van der Waals surface area contributed by atoms with Crippen LogP contribution in [0.1, 0.15) is 50.2 Å². The van der Waals surface area contributed by atoms with Crippen LogP contribution in [0.2, 0.25) is 0 Å². The molecule has 0 heterocycles. The molecule has 2 aliphatic rings. The number of benzene rings is 1. The molecule has 0 saturated heterocycles. The van der Waals surface area contributed by atoms with E-state index in [4.69, 9.17) is 4.74 Å². The molecule has 0 spiro atoms. The van der Waals surface area contributed by atoms with Crippen LogP contribution in [0.15, 0.2) is 29.8 Å². The van der Waals surface area contributed by atoms with E-state index in [1.165, 1.54) is 16.7 Å². The molecule has 0 amide bonds. The number of ketones is 1. The van der Waals surface area contributed by atoms with Gasteiger partial charge in [-0.3, -0.25) is 4.79 Å². The van der Waals surface area contributed by atoms with Gasteiger partial charge >= 0.3 is 0 Å². The van der Waals surface area contributed by atoms with Crippen LogP contribution >= 0.6 is 0 Å². The smallest absolute Gasteiger partial charge is 0.162 e. The first-order chi connectivity index (χ1) is 9.60. The summed E-state index contributed by atoms with van der Waals surface area (Å²) in [6.07, 6.45) is 5.78. The SMILES string of the molecule is CC[C@@]12CCc3cc(OC)ccc3[C@H]1CC(C)=CC2=O. The van der Waals surface area contributed by atoms with Gasteiger partial charge < -0.3 is 4.74 Å². The quantitative estimate of drug-likeness (QED) is 0.810. The van der Waals surface area contributed by atoms with E-state index in [0.29, 0.717) is 11.7 Å².